The van der Waals surface area contributed by atoms with Crippen LogP contribution in [0.15, 0.2) is 41.4 Å². The summed E-state index contributed by atoms with van der Waals surface area (Å²) in [5.41, 5.74) is 4.05. The molecule has 0 N–H and O–H groups in total. The lowest BCUT2D eigenvalue weighted by atomic mass is 10.1. The number of aromatic nitrogens is 1. The number of thioether (sulfide) groups is 1. The zero-order chi connectivity index (χ0) is 19.7. The fraction of sp³-hybridized carbons (Fsp3) is 0.250. The van der Waals surface area contributed by atoms with Crippen molar-refractivity contribution < 1.29 is 19.1 Å². The summed E-state index contributed by atoms with van der Waals surface area (Å²) in [5.74, 6) is -1.12. The van der Waals surface area contributed by atoms with Crippen molar-refractivity contribution in [3.8, 4) is 5.69 Å². The van der Waals surface area contributed by atoms with E-state index in [-0.39, 0.29) is 4.91 Å². The number of hydrogen-bond acceptors (Lipinski definition) is 5. The first-order valence-electron chi connectivity index (χ1n) is 8.43. The van der Waals surface area contributed by atoms with Crippen LogP contribution in [0.3, 0.4) is 0 Å². The number of ether oxygens (including phenoxy) is 1. The van der Waals surface area contributed by atoms with Crippen LogP contribution in [0, 0.1) is 13.8 Å². The van der Waals surface area contributed by atoms with Gasteiger partial charge >= 0.3 is 5.97 Å². The van der Waals surface area contributed by atoms with Crippen LogP contribution in [0.1, 0.15) is 23.7 Å². The molecule has 1 fully saturated rings. The van der Waals surface area contributed by atoms with Gasteiger partial charge in [0.1, 0.15) is 6.04 Å². The van der Waals surface area contributed by atoms with Crippen molar-refractivity contribution >= 4 is 35.0 Å². The minimum absolute atomic E-state index is 0.278. The van der Waals surface area contributed by atoms with E-state index in [0.717, 1.165) is 33.6 Å². The average molecular weight is 384 g/mol. The van der Waals surface area contributed by atoms with E-state index in [1.165, 1.54) is 19.6 Å². The summed E-state index contributed by atoms with van der Waals surface area (Å²) in [6.07, 6.45) is 3.58. The maximum Gasteiger partial charge on any atom is 0.328 e. The lowest BCUT2D eigenvalue weighted by Crippen LogP contribution is -2.42. The van der Waals surface area contributed by atoms with Gasteiger partial charge in [0.05, 0.1) is 12.0 Å². The molecule has 0 bridgehead atoms. The second-order valence-corrected chi connectivity index (χ2v) is 7.34. The van der Waals surface area contributed by atoms with Crippen molar-refractivity contribution in [1.82, 2.24) is 9.47 Å². The van der Waals surface area contributed by atoms with Gasteiger partial charge < -0.3 is 9.30 Å². The van der Waals surface area contributed by atoms with Gasteiger partial charge in [-0.3, -0.25) is 14.5 Å². The number of amides is 2. The first kappa shape index (κ1) is 19.0. The fourth-order valence-corrected chi connectivity index (χ4v) is 3.92. The Hall–Kier alpha value is -2.80. The van der Waals surface area contributed by atoms with E-state index in [1.54, 1.807) is 6.08 Å². The van der Waals surface area contributed by atoms with Crippen molar-refractivity contribution in [3.05, 3.63) is 58.3 Å². The van der Waals surface area contributed by atoms with Gasteiger partial charge in [-0.2, -0.15) is 0 Å². The standard InChI is InChI=1S/C20H20N2O4S/c1-12-7-8-16(13(2)10-12)21-9-5-6-15(21)11-17-18(23)22(20(25)27-17)14(3)19(24)26-4/h5-11,14H,1-4H3/b17-11+/t14-/m0/s1. The van der Waals surface area contributed by atoms with Crippen molar-refractivity contribution in [3.63, 3.8) is 0 Å². The Labute approximate surface area is 161 Å². The van der Waals surface area contributed by atoms with Crippen molar-refractivity contribution in [2.24, 2.45) is 0 Å². The second-order valence-electron chi connectivity index (χ2n) is 6.34. The van der Waals surface area contributed by atoms with Gasteiger partial charge in [0, 0.05) is 17.6 Å². The molecule has 3 rings (SSSR count). The van der Waals surface area contributed by atoms with Gasteiger partial charge in [-0.25, -0.2) is 4.79 Å². The molecule has 2 amide bonds. The summed E-state index contributed by atoms with van der Waals surface area (Å²) in [4.78, 5) is 37.8. The number of carbonyl (C=O) groups is 3. The van der Waals surface area contributed by atoms with E-state index in [2.05, 4.69) is 10.8 Å². The maximum absolute atomic E-state index is 12.7. The highest BCUT2D eigenvalue weighted by Gasteiger charge is 2.41. The molecule has 0 unspecified atom stereocenters. The van der Waals surface area contributed by atoms with Gasteiger partial charge in [-0.1, -0.05) is 17.7 Å². The van der Waals surface area contributed by atoms with Gasteiger partial charge in [0.2, 0.25) is 0 Å². The fourth-order valence-electron chi connectivity index (χ4n) is 3.03. The van der Waals surface area contributed by atoms with Gasteiger partial charge in [0.15, 0.2) is 0 Å². The van der Waals surface area contributed by atoms with E-state index in [9.17, 15) is 14.4 Å². The Balaban J connectivity index is 1.95. The molecule has 2 heterocycles. The molecule has 1 aromatic heterocycles. The molecule has 0 spiro atoms. The van der Waals surface area contributed by atoms with Crippen LogP contribution >= 0.6 is 11.8 Å². The molecule has 7 heteroatoms. The minimum atomic E-state index is -0.959. The van der Waals surface area contributed by atoms with E-state index in [0.29, 0.717) is 0 Å². The number of carbonyl (C=O) groups excluding carboxylic acids is 3. The van der Waals surface area contributed by atoms with E-state index in [4.69, 9.17) is 0 Å². The molecule has 2 aromatic rings. The van der Waals surface area contributed by atoms with E-state index in [1.807, 2.05) is 48.9 Å². The third-order valence-corrected chi connectivity index (χ3v) is 5.31. The van der Waals surface area contributed by atoms with Crippen LogP contribution in [-0.4, -0.2) is 39.7 Å². The number of nitrogens with zero attached hydrogens (tertiary/aromatic N) is 2. The smallest absolute Gasteiger partial charge is 0.328 e. The molecular weight excluding hydrogens is 364 g/mol. The minimum Gasteiger partial charge on any atom is -0.467 e. The Morgan fingerprint density at radius 3 is 2.63 bits per heavy atom. The van der Waals surface area contributed by atoms with Gasteiger partial charge in [-0.05, 0) is 62.4 Å². The number of aryl methyl sites for hydroxylation is 2. The maximum atomic E-state index is 12.7. The molecule has 0 aliphatic carbocycles. The molecule has 140 valence electrons. The molecule has 0 radical (unpaired) electrons. The number of imide groups is 1. The summed E-state index contributed by atoms with van der Waals surface area (Å²) in [5, 5.41) is -0.478. The van der Waals surface area contributed by atoms with E-state index < -0.39 is 23.2 Å². The normalized spacial score (nSPS) is 16.9. The summed E-state index contributed by atoms with van der Waals surface area (Å²) in [6.45, 7) is 5.54. The first-order valence-corrected chi connectivity index (χ1v) is 9.25. The molecule has 1 aliphatic rings. The van der Waals surface area contributed by atoms with Crippen LogP contribution < -0.4 is 0 Å². The summed E-state index contributed by atoms with van der Waals surface area (Å²) < 4.78 is 6.61. The molecule has 6 nitrogen and oxygen atoms in total. The van der Waals surface area contributed by atoms with Crippen molar-refractivity contribution in [2.45, 2.75) is 26.8 Å². The van der Waals surface area contributed by atoms with Crippen LogP contribution in [-0.2, 0) is 14.3 Å². The van der Waals surface area contributed by atoms with Crippen molar-refractivity contribution in [1.29, 1.82) is 0 Å². The van der Waals surface area contributed by atoms with Crippen LogP contribution in [0.25, 0.3) is 11.8 Å². The largest absolute Gasteiger partial charge is 0.467 e. The molecular formula is C20H20N2O4S. The highest BCUT2D eigenvalue weighted by atomic mass is 32.2. The molecule has 1 saturated heterocycles. The summed E-state index contributed by atoms with van der Waals surface area (Å²) >= 11 is 0.824. The highest BCUT2D eigenvalue weighted by Crippen LogP contribution is 2.34. The predicted molar refractivity (Wildman–Crippen MR) is 105 cm³/mol. The van der Waals surface area contributed by atoms with Gasteiger partial charge in [-0.15, -0.1) is 0 Å². The number of benzene rings is 1. The van der Waals surface area contributed by atoms with E-state index >= 15 is 0 Å². The van der Waals surface area contributed by atoms with Crippen LogP contribution in [0.2, 0.25) is 0 Å². The quantitative estimate of drug-likeness (QED) is 0.594. The number of methoxy groups -OCH3 is 1. The third kappa shape index (κ3) is 3.55. The molecule has 0 saturated carbocycles. The second kappa shape index (κ2) is 7.44. The van der Waals surface area contributed by atoms with Crippen LogP contribution in [0.5, 0.6) is 0 Å². The molecule has 1 atom stereocenters. The number of hydrogen-bond donors (Lipinski definition) is 0. The molecule has 1 aromatic carbocycles. The summed E-state index contributed by atoms with van der Waals surface area (Å²) in [7, 11) is 1.23. The topological polar surface area (TPSA) is 68.6 Å². The molecule has 1 aliphatic heterocycles. The Morgan fingerprint density at radius 2 is 1.96 bits per heavy atom. The average Bonchev–Trinajstić information content (AvgIpc) is 3.18. The highest BCUT2D eigenvalue weighted by molar-refractivity contribution is 8.18. The Bertz CT molecular complexity index is 961. The predicted octanol–water partition coefficient (Wildman–Crippen LogP) is 3.69. The Kier molecular flexibility index (Phi) is 5.23. The lowest BCUT2D eigenvalue weighted by molar-refractivity contribution is -0.148. The molecule has 27 heavy (non-hydrogen) atoms. The van der Waals surface area contributed by atoms with Gasteiger partial charge in [0.25, 0.3) is 11.1 Å². The first-order chi connectivity index (χ1) is 12.8. The monoisotopic (exact) mass is 384 g/mol. The number of esters is 1. The Morgan fingerprint density at radius 1 is 1.22 bits per heavy atom. The zero-order valence-corrected chi connectivity index (χ0v) is 16.4. The number of rotatable bonds is 4. The van der Waals surface area contributed by atoms with Crippen molar-refractivity contribution in [2.75, 3.05) is 7.11 Å². The SMILES string of the molecule is COC(=O)[C@H](C)N1C(=O)S/C(=C/c2cccn2-c2ccc(C)cc2C)C1=O. The summed E-state index contributed by atoms with van der Waals surface area (Å²) in [6, 6.07) is 8.93. The third-order valence-electron chi connectivity index (χ3n) is 4.42. The zero-order valence-electron chi connectivity index (χ0n) is 15.6. The van der Waals surface area contributed by atoms with Crippen LogP contribution in [0.4, 0.5) is 4.79 Å². The lowest BCUT2D eigenvalue weighted by Gasteiger charge is -2.18.